The molecule has 0 fully saturated rings. The summed E-state index contributed by atoms with van der Waals surface area (Å²) in [6.07, 6.45) is 7.83. The molecule has 1 N–H and O–H groups in total. The maximum absolute atomic E-state index is 10.7. The van der Waals surface area contributed by atoms with Crippen LogP contribution in [0.4, 0.5) is 0 Å². The van der Waals surface area contributed by atoms with Crippen molar-refractivity contribution in [3.05, 3.63) is 95.3 Å². The van der Waals surface area contributed by atoms with Crippen LogP contribution in [0.1, 0.15) is 17.0 Å². The van der Waals surface area contributed by atoms with E-state index in [1.54, 1.807) is 0 Å². The third-order valence-electron chi connectivity index (χ3n) is 4.07. The predicted molar refractivity (Wildman–Crippen MR) is 81.7 cm³/mol. The molecule has 20 heavy (non-hydrogen) atoms. The molecule has 2 aromatic rings. The topological polar surface area (TPSA) is 20.2 Å². The first kappa shape index (κ1) is 11.3. The molecule has 0 atom stereocenters. The van der Waals surface area contributed by atoms with E-state index in [1.807, 2.05) is 36.4 Å². The molecule has 2 aliphatic carbocycles. The van der Waals surface area contributed by atoms with Gasteiger partial charge in [-0.05, 0) is 22.3 Å². The van der Waals surface area contributed by atoms with Gasteiger partial charge in [0.1, 0.15) is 5.76 Å². The highest BCUT2D eigenvalue weighted by atomic mass is 16.3. The van der Waals surface area contributed by atoms with Gasteiger partial charge < -0.3 is 5.11 Å². The number of benzene rings is 2. The highest BCUT2D eigenvalue weighted by molar-refractivity contribution is 5.80. The van der Waals surface area contributed by atoms with E-state index in [9.17, 15) is 5.11 Å². The zero-order valence-electron chi connectivity index (χ0n) is 11.0. The second kappa shape index (κ2) is 4.24. The molecule has 0 radical (unpaired) electrons. The van der Waals surface area contributed by atoms with Crippen molar-refractivity contribution in [2.24, 2.45) is 0 Å². The highest BCUT2D eigenvalue weighted by Crippen LogP contribution is 2.48. The fraction of sp³-hybridized carbons (Fsp3) is 0.0526. The van der Waals surface area contributed by atoms with E-state index in [2.05, 4.69) is 36.4 Å². The van der Waals surface area contributed by atoms with E-state index < -0.39 is 0 Å². The van der Waals surface area contributed by atoms with Gasteiger partial charge in [-0.2, -0.15) is 0 Å². The third-order valence-corrected chi connectivity index (χ3v) is 4.07. The lowest BCUT2D eigenvalue weighted by Gasteiger charge is -2.14. The average Bonchev–Trinajstić information content (AvgIpc) is 3.13. The van der Waals surface area contributed by atoms with Crippen LogP contribution in [0, 0.1) is 0 Å². The Balaban J connectivity index is 1.99. The van der Waals surface area contributed by atoms with Gasteiger partial charge in [-0.15, -0.1) is 0 Å². The largest absolute Gasteiger partial charge is 0.511 e. The molecule has 0 saturated carbocycles. The van der Waals surface area contributed by atoms with Crippen molar-refractivity contribution in [2.75, 3.05) is 0 Å². The lowest BCUT2D eigenvalue weighted by molar-refractivity contribution is 0.380. The van der Waals surface area contributed by atoms with Gasteiger partial charge in [-0.1, -0.05) is 72.8 Å². The van der Waals surface area contributed by atoms with Crippen LogP contribution in [0.3, 0.4) is 0 Å². The molecule has 0 aliphatic heterocycles. The summed E-state index contributed by atoms with van der Waals surface area (Å²) in [5, 5.41) is 10.7. The van der Waals surface area contributed by atoms with E-state index in [-0.39, 0.29) is 5.92 Å². The molecule has 96 valence electrons. The van der Waals surface area contributed by atoms with Gasteiger partial charge in [0.05, 0.1) is 5.92 Å². The predicted octanol–water partition coefficient (Wildman–Crippen LogP) is 4.74. The summed E-state index contributed by atoms with van der Waals surface area (Å²) in [6, 6.07) is 16.7. The molecule has 1 nitrogen and oxygen atoms in total. The zero-order valence-corrected chi connectivity index (χ0v) is 11.0. The van der Waals surface area contributed by atoms with Crippen LogP contribution in [0.25, 0.3) is 11.1 Å². The Morgan fingerprint density at radius 2 is 1.25 bits per heavy atom. The van der Waals surface area contributed by atoms with Gasteiger partial charge in [0, 0.05) is 5.57 Å². The van der Waals surface area contributed by atoms with Crippen LogP contribution in [-0.2, 0) is 0 Å². The van der Waals surface area contributed by atoms with Gasteiger partial charge in [0.2, 0.25) is 0 Å². The van der Waals surface area contributed by atoms with E-state index in [4.69, 9.17) is 0 Å². The molecule has 0 aromatic heterocycles. The first-order valence-electron chi connectivity index (χ1n) is 6.82. The van der Waals surface area contributed by atoms with E-state index in [0.717, 1.165) is 5.57 Å². The molecule has 0 amide bonds. The van der Waals surface area contributed by atoms with Crippen molar-refractivity contribution in [1.29, 1.82) is 0 Å². The van der Waals surface area contributed by atoms with Gasteiger partial charge in [-0.25, -0.2) is 0 Å². The first-order valence-corrected chi connectivity index (χ1v) is 6.82. The minimum atomic E-state index is -0.0511. The maximum Gasteiger partial charge on any atom is 0.111 e. The SMILES string of the molecule is OC(=C1C=CC=C1)C1c2ccccc2-c2ccccc21. The summed E-state index contributed by atoms with van der Waals surface area (Å²) in [5.41, 5.74) is 5.73. The Bertz CT molecular complexity index is 718. The quantitative estimate of drug-likeness (QED) is 0.733. The van der Waals surface area contributed by atoms with Gasteiger partial charge in [0.25, 0.3) is 0 Å². The van der Waals surface area contributed by atoms with Crippen molar-refractivity contribution in [1.82, 2.24) is 0 Å². The van der Waals surface area contributed by atoms with Crippen LogP contribution in [0.15, 0.2) is 84.2 Å². The van der Waals surface area contributed by atoms with Crippen LogP contribution < -0.4 is 0 Å². The number of fused-ring (bicyclic) bond motifs is 3. The smallest absolute Gasteiger partial charge is 0.111 e. The molecular weight excluding hydrogens is 244 g/mol. The van der Waals surface area contributed by atoms with Crippen molar-refractivity contribution < 1.29 is 5.11 Å². The molecule has 0 bridgehead atoms. The second-order valence-electron chi connectivity index (χ2n) is 5.17. The van der Waals surface area contributed by atoms with Gasteiger partial charge in [0.15, 0.2) is 0 Å². The van der Waals surface area contributed by atoms with Crippen molar-refractivity contribution in [3.8, 4) is 11.1 Å². The molecule has 0 unspecified atom stereocenters. The van der Waals surface area contributed by atoms with E-state index >= 15 is 0 Å². The highest BCUT2D eigenvalue weighted by Gasteiger charge is 2.31. The number of aliphatic hydroxyl groups is 1. The monoisotopic (exact) mass is 258 g/mol. The average molecular weight is 258 g/mol. The summed E-state index contributed by atoms with van der Waals surface area (Å²) >= 11 is 0. The molecule has 1 heteroatoms. The summed E-state index contributed by atoms with van der Waals surface area (Å²) in [5.74, 6) is 0.386. The number of hydrogen-bond acceptors (Lipinski definition) is 1. The molecule has 0 spiro atoms. The minimum Gasteiger partial charge on any atom is -0.511 e. The number of aliphatic hydroxyl groups excluding tert-OH is 1. The van der Waals surface area contributed by atoms with E-state index in [0.29, 0.717) is 5.76 Å². The Labute approximate surface area is 118 Å². The van der Waals surface area contributed by atoms with Crippen LogP contribution in [0.2, 0.25) is 0 Å². The lowest BCUT2D eigenvalue weighted by atomic mass is 9.92. The Morgan fingerprint density at radius 3 is 1.80 bits per heavy atom. The summed E-state index contributed by atoms with van der Waals surface area (Å²) in [6.45, 7) is 0. The van der Waals surface area contributed by atoms with E-state index in [1.165, 1.54) is 22.3 Å². The zero-order chi connectivity index (χ0) is 13.5. The number of hydrogen-bond donors (Lipinski definition) is 1. The van der Waals surface area contributed by atoms with Crippen molar-refractivity contribution in [3.63, 3.8) is 0 Å². The first-order chi connectivity index (χ1) is 9.86. The Hall–Kier alpha value is -2.54. The lowest BCUT2D eigenvalue weighted by Crippen LogP contribution is -2.02. The summed E-state index contributed by atoms with van der Waals surface area (Å²) in [4.78, 5) is 0. The fourth-order valence-electron chi connectivity index (χ4n) is 3.16. The maximum atomic E-state index is 10.7. The second-order valence-corrected chi connectivity index (χ2v) is 5.17. The molecule has 4 rings (SSSR count). The van der Waals surface area contributed by atoms with Crippen LogP contribution in [-0.4, -0.2) is 5.11 Å². The fourth-order valence-corrected chi connectivity index (χ4v) is 3.16. The van der Waals surface area contributed by atoms with Gasteiger partial charge in [-0.3, -0.25) is 0 Å². The van der Waals surface area contributed by atoms with Crippen LogP contribution in [0.5, 0.6) is 0 Å². The number of allylic oxidation sites excluding steroid dienone is 6. The third kappa shape index (κ3) is 1.50. The van der Waals surface area contributed by atoms with Crippen molar-refractivity contribution >= 4 is 0 Å². The summed E-state index contributed by atoms with van der Waals surface area (Å²) < 4.78 is 0. The number of rotatable bonds is 1. The van der Waals surface area contributed by atoms with Gasteiger partial charge >= 0.3 is 0 Å². The molecule has 0 saturated heterocycles. The summed E-state index contributed by atoms with van der Waals surface area (Å²) in [7, 11) is 0. The molecular formula is C19H14O. The van der Waals surface area contributed by atoms with Crippen molar-refractivity contribution in [2.45, 2.75) is 5.92 Å². The molecule has 0 heterocycles. The Kier molecular flexibility index (Phi) is 2.40. The molecule has 2 aliphatic rings. The Morgan fingerprint density at radius 1 is 0.750 bits per heavy atom. The minimum absolute atomic E-state index is 0.0511. The normalized spacial score (nSPS) is 15.5. The molecule has 2 aromatic carbocycles. The standard InChI is InChI=1S/C19H14O/c20-19(13-7-1-2-8-13)18-16-11-5-3-9-14(16)15-10-4-6-12-17(15)18/h1-12,18,20H. The van der Waals surface area contributed by atoms with Crippen LogP contribution >= 0.6 is 0 Å².